The summed E-state index contributed by atoms with van der Waals surface area (Å²) in [6.45, 7) is 0. The van der Waals surface area contributed by atoms with Crippen LogP contribution in [0.15, 0.2) is 188 Å². The summed E-state index contributed by atoms with van der Waals surface area (Å²) in [4.78, 5) is 5.17. The fourth-order valence-electron chi connectivity index (χ4n) is 12.1. The van der Waals surface area contributed by atoms with E-state index in [4.69, 9.17) is 4.98 Å². The first-order chi connectivity index (χ1) is 28.8. The minimum atomic E-state index is 0.212. The van der Waals surface area contributed by atoms with E-state index in [0.29, 0.717) is 0 Å². The molecule has 1 nitrogen and oxygen atoms in total. The number of pyridine rings is 1. The highest BCUT2D eigenvalue weighted by Gasteiger charge is 2.42. The second-order valence-corrected chi connectivity index (χ2v) is 16.8. The third-order valence-corrected chi connectivity index (χ3v) is 14.2. The van der Waals surface area contributed by atoms with Gasteiger partial charge in [0.25, 0.3) is 0 Å². The summed E-state index contributed by atoms with van der Waals surface area (Å²) in [5.74, 6) is 0.925. The number of rotatable bonds is 2. The van der Waals surface area contributed by atoms with Crippen molar-refractivity contribution in [1.82, 2.24) is 4.98 Å². The zero-order chi connectivity index (χ0) is 37.6. The van der Waals surface area contributed by atoms with E-state index in [-0.39, 0.29) is 23.7 Å². The molecule has 268 valence electrons. The van der Waals surface area contributed by atoms with E-state index in [1.54, 1.807) is 0 Å². The van der Waals surface area contributed by atoms with E-state index < -0.39 is 0 Å². The molecule has 0 aliphatic heterocycles. The Labute approximate surface area is 336 Å². The average molecular weight is 734 g/mol. The van der Waals surface area contributed by atoms with Crippen molar-refractivity contribution < 1.29 is 0 Å². The lowest BCUT2D eigenvalue weighted by atomic mass is 9.61. The van der Waals surface area contributed by atoms with E-state index >= 15 is 0 Å². The molecule has 0 unspecified atom stereocenters. The molecule has 0 spiro atoms. The molecule has 0 atom stereocenters. The maximum atomic E-state index is 5.17. The van der Waals surface area contributed by atoms with E-state index in [1.807, 2.05) is 0 Å². The monoisotopic (exact) mass is 733 g/mol. The highest BCUT2D eigenvalue weighted by Crippen LogP contribution is 2.59. The van der Waals surface area contributed by atoms with Crippen LogP contribution in [0.3, 0.4) is 0 Å². The van der Waals surface area contributed by atoms with Gasteiger partial charge in [-0.1, -0.05) is 164 Å². The molecule has 0 radical (unpaired) electrons. The van der Waals surface area contributed by atoms with Crippen molar-refractivity contribution >= 4 is 32.4 Å². The lowest BCUT2D eigenvalue weighted by Gasteiger charge is -2.42. The Balaban J connectivity index is 1.04. The molecule has 9 aromatic carbocycles. The predicted octanol–water partition coefficient (Wildman–Crippen LogP) is 13.8. The number of aromatic nitrogens is 1. The summed E-state index contributed by atoms with van der Waals surface area (Å²) in [5, 5.41) is 6.20. The van der Waals surface area contributed by atoms with Crippen molar-refractivity contribution in [2.24, 2.45) is 0 Å². The van der Waals surface area contributed by atoms with Crippen LogP contribution in [0.5, 0.6) is 0 Å². The zero-order valence-electron chi connectivity index (χ0n) is 31.7. The van der Waals surface area contributed by atoms with Crippen LogP contribution in [0.1, 0.15) is 90.4 Å². The number of nitrogens with zero attached hydrogens (tertiary/aromatic N) is 1. The molecule has 10 aromatic rings. The molecule has 6 aliphatic rings. The minimum absolute atomic E-state index is 0.212. The van der Waals surface area contributed by atoms with Gasteiger partial charge in [-0.2, -0.15) is 0 Å². The maximum Gasteiger partial charge on any atom is 0.0708 e. The van der Waals surface area contributed by atoms with Gasteiger partial charge in [0.1, 0.15) is 0 Å². The lowest BCUT2D eigenvalue weighted by molar-refractivity contribution is 0.755. The molecule has 0 amide bonds. The third-order valence-electron chi connectivity index (χ3n) is 14.2. The Morgan fingerprint density at radius 2 is 0.621 bits per heavy atom. The van der Waals surface area contributed by atoms with E-state index in [2.05, 4.69) is 188 Å². The van der Waals surface area contributed by atoms with Crippen LogP contribution in [-0.4, -0.2) is 4.98 Å². The van der Waals surface area contributed by atoms with Gasteiger partial charge in [-0.3, -0.25) is 4.98 Å². The molecule has 0 saturated heterocycles. The molecule has 16 rings (SSSR count). The van der Waals surface area contributed by atoms with E-state index in [9.17, 15) is 0 Å². The summed E-state index contributed by atoms with van der Waals surface area (Å²) < 4.78 is 0. The summed E-state index contributed by atoms with van der Waals surface area (Å²) >= 11 is 0. The number of hydrogen-bond acceptors (Lipinski definition) is 1. The molecule has 1 heteroatoms. The Kier molecular flexibility index (Phi) is 6.04. The topological polar surface area (TPSA) is 12.9 Å². The first-order valence-corrected chi connectivity index (χ1v) is 20.7. The van der Waals surface area contributed by atoms with Crippen LogP contribution in [0.25, 0.3) is 54.7 Å². The second-order valence-electron chi connectivity index (χ2n) is 16.8. The van der Waals surface area contributed by atoms with Crippen LogP contribution in [0, 0.1) is 0 Å². The summed E-state index contributed by atoms with van der Waals surface area (Å²) in [6.07, 6.45) is 2.16. The number of benzene rings is 9. The molecule has 0 N–H and O–H groups in total. The third kappa shape index (κ3) is 3.89. The number of hydrogen-bond donors (Lipinski definition) is 0. The van der Waals surface area contributed by atoms with Crippen molar-refractivity contribution in [3.05, 3.63) is 255 Å². The lowest BCUT2D eigenvalue weighted by Crippen LogP contribution is -2.27. The van der Waals surface area contributed by atoms with Gasteiger partial charge in [0.15, 0.2) is 0 Å². The van der Waals surface area contributed by atoms with Crippen LogP contribution in [0.4, 0.5) is 0 Å². The van der Waals surface area contributed by atoms with E-state index in [1.165, 1.54) is 116 Å². The quantitative estimate of drug-likeness (QED) is 0.127. The first kappa shape index (κ1) is 31.0. The normalized spacial score (nSPS) is 18.7. The molecular formula is C57H35N. The molecule has 58 heavy (non-hydrogen) atoms. The van der Waals surface area contributed by atoms with Gasteiger partial charge in [-0.05, 0) is 118 Å². The largest absolute Gasteiger partial charge is 0.256 e. The van der Waals surface area contributed by atoms with Gasteiger partial charge < -0.3 is 0 Å². The Bertz CT molecular complexity index is 3350. The van der Waals surface area contributed by atoms with E-state index in [0.717, 1.165) is 5.52 Å². The molecule has 1 heterocycles. The minimum Gasteiger partial charge on any atom is -0.256 e. The van der Waals surface area contributed by atoms with Crippen LogP contribution in [-0.2, 0) is 0 Å². The standard InChI is InChI=1S/C57H35N/c1-2-14-35-34(13-1)51(32-25-27-44-47(29-32)55-40-19-7-3-15-36(40)53(44)37-16-4-8-20-41(37)55)49-31-58-50-24-12-11-23-46(50)57(49)52(35)33-26-28-45-48(30-33)56-42-21-9-5-17-38(42)54(45)39-18-6-10-22-43(39)56/h1-31,53-56H. The van der Waals surface area contributed by atoms with Crippen molar-refractivity contribution in [1.29, 1.82) is 0 Å². The van der Waals surface area contributed by atoms with Gasteiger partial charge in [0.05, 0.1) is 5.52 Å². The maximum absolute atomic E-state index is 5.17. The molecule has 1 aromatic heterocycles. The van der Waals surface area contributed by atoms with Crippen molar-refractivity contribution in [2.75, 3.05) is 0 Å². The number of para-hydroxylation sites is 1. The van der Waals surface area contributed by atoms with Crippen LogP contribution < -0.4 is 0 Å². The highest BCUT2D eigenvalue weighted by molar-refractivity contribution is 6.27. The van der Waals surface area contributed by atoms with Gasteiger partial charge in [-0.25, -0.2) is 0 Å². The van der Waals surface area contributed by atoms with Crippen molar-refractivity contribution in [3.8, 4) is 22.3 Å². The Morgan fingerprint density at radius 1 is 0.276 bits per heavy atom. The van der Waals surface area contributed by atoms with Gasteiger partial charge in [-0.15, -0.1) is 0 Å². The predicted molar refractivity (Wildman–Crippen MR) is 237 cm³/mol. The summed E-state index contributed by atoms with van der Waals surface area (Å²) in [5.41, 5.74) is 23.4. The molecule has 4 bridgehead atoms. The molecule has 0 saturated carbocycles. The van der Waals surface area contributed by atoms with Gasteiger partial charge in [0, 0.05) is 46.0 Å². The fourth-order valence-corrected chi connectivity index (χ4v) is 12.1. The summed E-state index contributed by atoms with van der Waals surface area (Å²) in [6, 6.07) is 69.1. The van der Waals surface area contributed by atoms with Gasteiger partial charge >= 0.3 is 0 Å². The second kappa shape index (κ2) is 11.3. The highest BCUT2D eigenvalue weighted by atomic mass is 14.7. The Hall–Kier alpha value is -7.09. The van der Waals surface area contributed by atoms with Crippen LogP contribution in [0.2, 0.25) is 0 Å². The Morgan fingerprint density at radius 3 is 1.09 bits per heavy atom. The molecule has 0 fully saturated rings. The summed E-state index contributed by atoms with van der Waals surface area (Å²) in [7, 11) is 0. The van der Waals surface area contributed by atoms with Crippen LogP contribution >= 0.6 is 0 Å². The first-order valence-electron chi connectivity index (χ1n) is 20.7. The number of fused-ring (bicyclic) bond motifs is 4. The molecule has 6 aliphatic carbocycles. The van der Waals surface area contributed by atoms with Gasteiger partial charge in [0.2, 0.25) is 0 Å². The molecular weight excluding hydrogens is 699 g/mol. The fraction of sp³-hybridized carbons (Fsp3) is 0.0702. The SMILES string of the molecule is c1ccc2c(c1)C1c3ccccc3C2c2cc(-c3c4ccccc4c(-c4ccc5c(c4)C4c6ccccc6C5c5ccccc54)c4c3cnc3ccccc34)ccc21. The van der Waals surface area contributed by atoms with Crippen molar-refractivity contribution in [3.63, 3.8) is 0 Å². The zero-order valence-corrected chi connectivity index (χ0v) is 31.7. The van der Waals surface area contributed by atoms with Crippen molar-refractivity contribution in [2.45, 2.75) is 23.7 Å². The smallest absolute Gasteiger partial charge is 0.0708 e. The average Bonchev–Trinajstić information content (AvgIpc) is 3.30.